The van der Waals surface area contributed by atoms with Gasteiger partial charge in [-0.25, -0.2) is 8.42 Å². The van der Waals surface area contributed by atoms with E-state index < -0.39 is 57.2 Å². The number of carbonyl (C=O) groups excluding carboxylic acids is 1. The number of carboxylic acid groups (broad SMARTS) is 1. The maximum atomic E-state index is 14.0. The van der Waals surface area contributed by atoms with Gasteiger partial charge in [0.1, 0.15) is 12.2 Å². The number of carboxylic acids is 1. The Labute approximate surface area is 227 Å². The number of aliphatic carboxylic acids is 1. The van der Waals surface area contributed by atoms with Crippen molar-refractivity contribution in [2.45, 2.75) is 69.1 Å². The number of hydrogen-bond donors (Lipinski definition) is 1. The van der Waals surface area contributed by atoms with Crippen LogP contribution < -0.4 is 0 Å². The summed E-state index contributed by atoms with van der Waals surface area (Å²) in [6.45, 7) is 4.93. The Hall–Kier alpha value is -2.13. The van der Waals surface area contributed by atoms with E-state index in [2.05, 4.69) is 0 Å². The third-order valence-corrected chi connectivity index (χ3v) is 10.2. The van der Waals surface area contributed by atoms with Gasteiger partial charge in [-0.05, 0) is 74.9 Å². The Balaban J connectivity index is 1.89. The number of morpholine rings is 1. The summed E-state index contributed by atoms with van der Waals surface area (Å²) >= 11 is 12.5. The number of rotatable bonds is 8. The molecule has 2 aromatic rings. The van der Waals surface area contributed by atoms with E-state index in [9.17, 15) is 23.1 Å². The van der Waals surface area contributed by atoms with Gasteiger partial charge in [-0.1, -0.05) is 47.5 Å². The summed E-state index contributed by atoms with van der Waals surface area (Å²) in [7, 11) is -3.61. The van der Waals surface area contributed by atoms with Crippen molar-refractivity contribution in [2.24, 2.45) is 5.92 Å². The molecule has 2 aliphatic rings. The topological polar surface area (TPSA) is 101 Å². The molecule has 4 rings (SSSR count). The van der Waals surface area contributed by atoms with Gasteiger partial charge < -0.3 is 14.7 Å². The predicted molar refractivity (Wildman–Crippen MR) is 142 cm³/mol. The van der Waals surface area contributed by atoms with Crippen LogP contribution in [0, 0.1) is 5.92 Å². The minimum Gasteiger partial charge on any atom is -0.481 e. The van der Waals surface area contributed by atoms with E-state index in [-0.39, 0.29) is 11.7 Å². The molecule has 2 aromatic carbocycles. The van der Waals surface area contributed by atoms with Crippen LogP contribution in [0.2, 0.25) is 10.0 Å². The van der Waals surface area contributed by atoms with Gasteiger partial charge in [0.25, 0.3) is 5.91 Å². The lowest BCUT2D eigenvalue weighted by atomic mass is 9.89. The first kappa shape index (κ1) is 27.9. The number of amides is 1. The highest BCUT2D eigenvalue weighted by Gasteiger charge is 2.52. The van der Waals surface area contributed by atoms with Gasteiger partial charge in [-0.15, -0.1) is 0 Å². The third-order valence-electron chi connectivity index (χ3n) is 7.02. The van der Waals surface area contributed by atoms with E-state index in [1.165, 1.54) is 0 Å². The highest BCUT2D eigenvalue weighted by atomic mass is 35.5. The molecule has 1 amide bonds. The van der Waals surface area contributed by atoms with Gasteiger partial charge in [-0.3, -0.25) is 9.59 Å². The van der Waals surface area contributed by atoms with E-state index in [0.29, 0.717) is 21.2 Å². The maximum absolute atomic E-state index is 14.0. The molecule has 4 atom stereocenters. The first-order valence-electron chi connectivity index (χ1n) is 12.2. The summed E-state index contributed by atoms with van der Waals surface area (Å²) in [5, 5.41) is 10.5. The molecular formula is C27H31Cl2NO6S. The largest absolute Gasteiger partial charge is 0.481 e. The zero-order valence-corrected chi connectivity index (χ0v) is 23.3. The van der Waals surface area contributed by atoms with Crippen molar-refractivity contribution in [3.8, 4) is 0 Å². The molecule has 3 unspecified atom stereocenters. The summed E-state index contributed by atoms with van der Waals surface area (Å²) in [4.78, 5) is 27.2. The average molecular weight is 569 g/mol. The van der Waals surface area contributed by atoms with Crippen molar-refractivity contribution in [3.05, 3.63) is 69.7 Å². The second-order valence-corrected chi connectivity index (χ2v) is 14.4. The fourth-order valence-corrected chi connectivity index (χ4v) is 6.47. The number of ether oxygens (including phenoxy) is 1. The van der Waals surface area contributed by atoms with Gasteiger partial charge in [0, 0.05) is 16.1 Å². The molecule has 0 aromatic heterocycles. The van der Waals surface area contributed by atoms with Crippen molar-refractivity contribution >= 4 is 44.9 Å². The molecular weight excluding hydrogens is 537 g/mol. The van der Waals surface area contributed by atoms with Crippen molar-refractivity contribution in [1.82, 2.24) is 4.90 Å². The summed E-state index contributed by atoms with van der Waals surface area (Å²) < 4.78 is 32.0. The molecule has 1 aliphatic carbocycles. The van der Waals surface area contributed by atoms with Crippen LogP contribution in [0.1, 0.15) is 63.3 Å². The van der Waals surface area contributed by atoms with E-state index >= 15 is 0 Å². The zero-order chi connectivity index (χ0) is 27.1. The lowest BCUT2D eigenvalue weighted by molar-refractivity contribution is -0.183. The maximum Gasteiger partial charge on any atom is 0.306 e. The number of carbonyl (C=O) groups is 2. The third kappa shape index (κ3) is 6.14. The standard InChI is InChI=1S/C27H31Cl2NO6S/c1-27(2,3)37(34,35)15-21(16-7-8-16)30-24(17-9-11-19(28)12-10-17)25(18-5-4-6-20(29)13-18)36-22(26(30)33)14-23(31)32/h4-6,9-13,16,21-22,24-25H,7-8,14-15H2,1-3H3,(H,31,32)/t21?,22-,24?,25?/m1/s1. The minimum absolute atomic E-state index is 0.0144. The number of nitrogens with zero attached hydrogens (tertiary/aromatic N) is 1. The fourth-order valence-electron chi connectivity index (χ4n) is 4.76. The Morgan fingerprint density at radius 1 is 1.08 bits per heavy atom. The van der Waals surface area contributed by atoms with Crippen LogP contribution in [0.5, 0.6) is 0 Å². The molecule has 0 radical (unpaired) electrons. The molecule has 1 N–H and O–H groups in total. The molecule has 7 nitrogen and oxygen atoms in total. The fraction of sp³-hybridized carbons (Fsp3) is 0.481. The Bertz CT molecular complexity index is 1270. The molecule has 37 heavy (non-hydrogen) atoms. The van der Waals surface area contributed by atoms with Crippen LogP contribution in [0.15, 0.2) is 48.5 Å². The molecule has 0 bridgehead atoms. The molecule has 1 heterocycles. The van der Waals surface area contributed by atoms with Crippen LogP contribution in [0.3, 0.4) is 0 Å². The van der Waals surface area contributed by atoms with Gasteiger partial charge in [0.15, 0.2) is 9.84 Å². The molecule has 0 spiro atoms. The smallest absolute Gasteiger partial charge is 0.306 e. The molecule has 10 heteroatoms. The van der Waals surface area contributed by atoms with Crippen molar-refractivity contribution in [3.63, 3.8) is 0 Å². The Morgan fingerprint density at radius 2 is 1.73 bits per heavy atom. The quantitative estimate of drug-likeness (QED) is 0.453. The van der Waals surface area contributed by atoms with Crippen molar-refractivity contribution in [2.75, 3.05) is 5.75 Å². The molecule has 200 valence electrons. The summed E-state index contributed by atoms with van der Waals surface area (Å²) in [5.74, 6) is -1.95. The minimum atomic E-state index is -3.61. The molecule has 1 saturated carbocycles. The second kappa shape index (κ2) is 10.6. The molecule has 1 aliphatic heterocycles. The van der Waals surface area contributed by atoms with Crippen molar-refractivity contribution in [1.29, 1.82) is 0 Å². The van der Waals surface area contributed by atoms with E-state index in [4.69, 9.17) is 27.9 Å². The Kier molecular flexibility index (Phi) is 7.96. The molecule has 2 fully saturated rings. The first-order chi connectivity index (χ1) is 17.3. The van der Waals surface area contributed by atoms with Gasteiger partial charge >= 0.3 is 5.97 Å². The number of benzene rings is 2. The van der Waals surface area contributed by atoms with Crippen LogP contribution in [-0.4, -0.2) is 52.9 Å². The van der Waals surface area contributed by atoms with Gasteiger partial charge in [-0.2, -0.15) is 0 Å². The predicted octanol–water partition coefficient (Wildman–Crippen LogP) is 5.47. The summed E-state index contributed by atoms with van der Waals surface area (Å²) in [6, 6.07) is 12.6. The first-order valence-corrected chi connectivity index (χ1v) is 14.6. The van der Waals surface area contributed by atoms with Gasteiger partial charge in [0.2, 0.25) is 0 Å². The number of sulfone groups is 1. The van der Waals surface area contributed by atoms with E-state index in [0.717, 1.165) is 12.8 Å². The molecule has 1 saturated heterocycles. The average Bonchev–Trinajstić information content (AvgIpc) is 3.64. The summed E-state index contributed by atoms with van der Waals surface area (Å²) in [6.07, 6.45) is -1.02. The van der Waals surface area contributed by atoms with Crippen LogP contribution in [-0.2, 0) is 24.2 Å². The van der Waals surface area contributed by atoms with Gasteiger partial charge in [0.05, 0.1) is 23.0 Å². The Morgan fingerprint density at radius 3 is 2.27 bits per heavy atom. The van der Waals surface area contributed by atoms with Crippen LogP contribution in [0.25, 0.3) is 0 Å². The second-order valence-electron chi connectivity index (χ2n) is 10.7. The highest BCUT2D eigenvalue weighted by Crippen LogP contribution is 2.48. The van der Waals surface area contributed by atoms with E-state index in [1.54, 1.807) is 68.1 Å². The highest BCUT2D eigenvalue weighted by molar-refractivity contribution is 7.92. The summed E-state index contributed by atoms with van der Waals surface area (Å²) in [5.41, 5.74) is 1.36. The lowest BCUT2D eigenvalue weighted by Gasteiger charge is -2.48. The number of halogens is 2. The van der Waals surface area contributed by atoms with Crippen molar-refractivity contribution < 1.29 is 27.9 Å². The normalized spacial score (nSPS) is 23.6. The van der Waals surface area contributed by atoms with E-state index in [1.807, 2.05) is 6.07 Å². The number of hydrogen-bond acceptors (Lipinski definition) is 5. The van der Waals surface area contributed by atoms with Crippen LogP contribution in [0.4, 0.5) is 0 Å². The zero-order valence-electron chi connectivity index (χ0n) is 20.9. The lowest BCUT2D eigenvalue weighted by Crippen LogP contribution is -2.58. The SMILES string of the molecule is CC(C)(C)S(=O)(=O)CC(C1CC1)N1C(=O)[C@@H](CC(=O)O)OC(c2cccc(Cl)c2)C1c1ccc(Cl)cc1. The monoisotopic (exact) mass is 567 g/mol. The van der Waals surface area contributed by atoms with Crippen LogP contribution >= 0.6 is 23.2 Å².